The first-order valence-corrected chi connectivity index (χ1v) is 5.55. The Morgan fingerprint density at radius 3 is 2.94 bits per heavy atom. The number of rotatable bonds is 1. The van der Waals surface area contributed by atoms with Crippen LogP contribution in [-0.2, 0) is 0 Å². The Bertz CT molecular complexity index is 701. The van der Waals surface area contributed by atoms with Gasteiger partial charge in [-0.3, -0.25) is 9.78 Å². The smallest absolute Gasteiger partial charge is 0.256 e. The first-order chi connectivity index (χ1) is 7.83. The van der Waals surface area contributed by atoms with Gasteiger partial charge in [-0.05, 0) is 12.1 Å². The van der Waals surface area contributed by atoms with E-state index in [0.717, 1.165) is 27.8 Å². The maximum Gasteiger partial charge on any atom is 0.322 e. The molecule has 0 aliphatic heterocycles. The second-order valence-corrected chi connectivity index (χ2v) is 4.30. The average Bonchev–Trinajstić information content (AvgIpc) is 2.75. The average molecular weight is 229 g/mol. The summed E-state index contributed by atoms with van der Waals surface area (Å²) in [5.74, 6) is 0. The summed E-state index contributed by atoms with van der Waals surface area (Å²) >= 11 is 1.09. The highest BCUT2D eigenvalue weighted by atomic mass is 32.1. The summed E-state index contributed by atoms with van der Waals surface area (Å²) < 4.78 is 0. The standard InChI is InChI=1S/C11H7N3OS/c15-11-14-13-10(16-11)8-5-7-3-1-2-4-9(7)12-6-8/h1-6H,(H,14,15). The van der Waals surface area contributed by atoms with Gasteiger partial charge in [0, 0.05) is 17.1 Å². The number of fused-ring (bicyclic) bond motifs is 1. The molecule has 0 saturated heterocycles. The van der Waals surface area contributed by atoms with Crippen molar-refractivity contribution in [3.8, 4) is 10.6 Å². The lowest BCUT2D eigenvalue weighted by Gasteiger charge is -1.98. The number of H-pyrrole nitrogens is 1. The molecule has 0 amide bonds. The van der Waals surface area contributed by atoms with Crippen molar-refractivity contribution < 1.29 is 0 Å². The molecule has 0 atom stereocenters. The molecule has 5 heteroatoms. The van der Waals surface area contributed by atoms with Gasteiger partial charge in [0.25, 0.3) is 0 Å². The molecule has 1 aromatic carbocycles. The van der Waals surface area contributed by atoms with Crippen molar-refractivity contribution in [1.82, 2.24) is 15.2 Å². The zero-order chi connectivity index (χ0) is 11.0. The third-order valence-corrected chi connectivity index (χ3v) is 3.07. The van der Waals surface area contributed by atoms with E-state index in [1.54, 1.807) is 6.20 Å². The molecule has 0 saturated carbocycles. The van der Waals surface area contributed by atoms with Crippen molar-refractivity contribution in [3.05, 3.63) is 46.2 Å². The van der Waals surface area contributed by atoms with Crippen molar-refractivity contribution in [2.24, 2.45) is 0 Å². The highest BCUT2D eigenvalue weighted by molar-refractivity contribution is 7.12. The van der Waals surface area contributed by atoms with E-state index < -0.39 is 0 Å². The van der Waals surface area contributed by atoms with Gasteiger partial charge in [0.05, 0.1) is 5.52 Å². The molecular formula is C11H7N3OS. The second-order valence-electron chi connectivity index (χ2n) is 3.33. The van der Waals surface area contributed by atoms with E-state index in [9.17, 15) is 4.79 Å². The van der Waals surface area contributed by atoms with Crippen molar-refractivity contribution >= 4 is 22.2 Å². The molecule has 0 fully saturated rings. The molecular weight excluding hydrogens is 222 g/mol. The number of hydrogen-bond acceptors (Lipinski definition) is 4. The molecule has 4 nitrogen and oxygen atoms in total. The molecule has 1 N–H and O–H groups in total. The van der Waals surface area contributed by atoms with Gasteiger partial charge in [-0.1, -0.05) is 29.5 Å². The fourth-order valence-corrected chi connectivity index (χ4v) is 2.13. The summed E-state index contributed by atoms with van der Waals surface area (Å²) in [5, 5.41) is 8.05. The number of aromatic amines is 1. The quantitative estimate of drug-likeness (QED) is 0.694. The van der Waals surface area contributed by atoms with Crippen LogP contribution in [0.15, 0.2) is 41.3 Å². The largest absolute Gasteiger partial charge is 0.322 e. The summed E-state index contributed by atoms with van der Waals surface area (Å²) in [4.78, 5) is 15.2. The SMILES string of the molecule is O=c1[nH]nc(-c2cnc3ccccc3c2)s1. The van der Waals surface area contributed by atoms with Crippen LogP contribution in [0.25, 0.3) is 21.5 Å². The van der Waals surface area contributed by atoms with E-state index in [4.69, 9.17) is 0 Å². The van der Waals surface area contributed by atoms with Crippen LogP contribution in [0.2, 0.25) is 0 Å². The van der Waals surface area contributed by atoms with Crippen LogP contribution in [0, 0.1) is 0 Å². The first-order valence-electron chi connectivity index (χ1n) is 4.73. The maximum absolute atomic E-state index is 11.0. The predicted molar refractivity (Wildman–Crippen MR) is 63.5 cm³/mol. The number of pyridine rings is 1. The van der Waals surface area contributed by atoms with Crippen LogP contribution in [0.1, 0.15) is 0 Å². The van der Waals surface area contributed by atoms with Gasteiger partial charge in [0.15, 0.2) is 0 Å². The molecule has 2 aromatic heterocycles. The third-order valence-electron chi connectivity index (χ3n) is 2.28. The highest BCUT2D eigenvalue weighted by Crippen LogP contribution is 2.21. The van der Waals surface area contributed by atoms with Gasteiger partial charge in [-0.25, -0.2) is 5.10 Å². The monoisotopic (exact) mass is 229 g/mol. The zero-order valence-electron chi connectivity index (χ0n) is 8.18. The Balaban J connectivity index is 2.22. The fraction of sp³-hybridized carbons (Fsp3) is 0. The molecule has 3 aromatic rings. The molecule has 0 aliphatic rings. The Kier molecular flexibility index (Phi) is 2.04. The Labute approximate surface area is 94.6 Å². The number of hydrogen-bond donors (Lipinski definition) is 1. The molecule has 0 radical (unpaired) electrons. The Morgan fingerprint density at radius 1 is 1.25 bits per heavy atom. The number of benzene rings is 1. The lowest BCUT2D eigenvalue weighted by molar-refractivity contribution is 1.06. The van der Waals surface area contributed by atoms with E-state index in [0.29, 0.717) is 5.01 Å². The van der Waals surface area contributed by atoms with E-state index in [2.05, 4.69) is 15.2 Å². The topological polar surface area (TPSA) is 58.6 Å². The van der Waals surface area contributed by atoms with E-state index in [1.807, 2.05) is 30.3 Å². The van der Waals surface area contributed by atoms with E-state index >= 15 is 0 Å². The summed E-state index contributed by atoms with van der Waals surface area (Å²) in [7, 11) is 0. The molecule has 0 unspecified atom stereocenters. The third kappa shape index (κ3) is 1.51. The van der Waals surface area contributed by atoms with Crippen LogP contribution in [-0.4, -0.2) is 15.2 Å². The van der Waals surface area contributed by atoms with Gasteiger partial charge in [-0.2, -0.15) is 5.10 Å². The Hall–Kier alpha value is -2.01. The van der Waals surface area contributed by atoms with Gasteiger partial charge in [0.2, 0.25) is 0 Å². The summed E-state index contributed by atoms with van der Waals surface area (Å²) in [6.07, 6.45) is 1.73. The first kappa shape index (κ1) is 9.23. The van der Waals surface area contributed by atoms with Crippen LogP contribution >= 0.6 is 11.3 Å². The molecule has 0 spiro atoms. The highest BCUT2D eigenvalue weighted by Gasteiger charge is 2.04. The number of nitrogens with zero attached hydrogens (tertiary/aromatic N) is 2. The van der Waals surface area contributed by atoms with Crippen molar-refractivity contribution in [3.63, 3.8) is 0 Å². The molecule has 0 aliphatic carbocycles. The summed E-state index contributed by atoms with van der Waals surface area (Å²) in [6.45, 7) is 0. The van der Waals surface area contributed by atoms with Crippen LogP contribution < -0.4 is 4.87 Å². The normalized spacial score (nSPS) is 10.8. The number of para-hydroxylation sites is 1. The lowest BCUT2D eigenvalue weighted by Crippen LogP contribution is -1.90. The van der Waals surface area contributed by atoms with E-state index in [1.165, 1.54) is 0 Å². The fourth-order valence-electron chi connectivity index (χ4n) is 1.54. The molecule has 78 valence electrons. The minimum absolute atomic E-state index is 0.150. The number of nitrogens with one attached hydrogen (secondary N) is 1. The van der Waals surface area contributed by atoms with Gasteiger partial charge in [0.1, 0.15) is 5.01 Å². The molecule has 16 heavy (non-hydrogen) atoms. The molecule has 2 heterocycles. The summed E-state index contributed by atoms with van der Waals surface area (Å²) in [6, 6.07) is 9.82. The van der Waals surface area contributed by atoms with Crippen molar-refractivity contribution in [2.45, 2.75) is 0 Å². The van der Waals surface area contributed by atoms with Crippen LogP contribution in [0.3, 0.4) is 0 Å². The van der Waals surface area contributed by atoms with E-state index in [-0.39, 0.29) is 4.87 Å². The van der Waals surface area contributed by atoms with Gasteiger partial charge < -0.3 is 0 Å². The van der Waals surface area contributed by atoms with Gasteiger partial charge >= 0.3 is 4.87 Å². The molecule has 0 bridgehead atoms. The number of aromatic nitrogens is 3. The Morgan fingerprint density at radius 2 is 2.12 bits per heavy atom. The molecule has 3 rings (SSSR count). The second kappa shape index (κ2) is 3.53. The summed E-state index contributed by atoms with van der Waals surface area (Å²) in [5.41, 5.74) is 1.80. The van der Waals surface area contributed by atoms with Crippen molar-refractivity contribution in [1.29, 1.82) is 0 Å². The van der Waals surface area contributed by atoms with Crippen molar-refractivity contribution in [2.75, 3.05) is 0 Å². The zero-order valence-corrected chi connectivity index (χ0v) is 8.99. The van der Waals surface area contributed by atoms with Crippen LogP contribution in [0.5, 0.6) is 0 Å². The maximum atomic E-state index is 11.0. The van der Waals surface area contributed by atoms with Gasteiger partial charge in [-0.15, -0.1) is 0 Å². The minimum atomic E-state index is -0.150. The lowest BCUT2D eigenvalue weighted by atomic mass is 10.2. The minimum Gasteiger partial charge on any atom is -0.256 e. The predicted octanol–water partition coefficient (Wildman–Crippen LogP) is 2.05. The van der Waals surface area contributed by atoms with Crippen LogP contribution in [0.4, 0.5) is 0 Å².